The second-order valence-corrected chi connectivity index (χ2v) is 7.56. The van der Waals surface area contributed by atoms with E-state index in [0.717, 1.165) is 6.07 Å². The molecule has 0 saturated carbocycles. The maximum absolute atomic E-state index is 13.5. The minimum atomic E-state index is -3.78. The lowest BCUT2D eigenvalue weighted by atomic mass is 9.92. The summed E-state index contributed by atoms with van der Waals surface area (Å²) >= 11 is 0. The Kier molecular flexibility index (Phi) is 7.29. The Labute approximate surface area is 132 Å². The number of aryl methyl sites for hydroxylation is 1. The maximum Gasteiger partial charge on any atom is 0.241 e. The van der Waals surface area contributed by atoms with E-state index in [1.165, 1.54) is 12.1 Å². The predicted molar refractivity (Wildman–Crippen MR) is 85.6 cm³/mol. The average Bonchev–Trinajstić information content (AvgIpc) is 2.30. The highest BCUT2D eigenvalue weighted by atomic mass is 35.5. The summed E-state index contributed by atoms with van der Waals surface area (Å²) in [5, 5.41) is 0. The van der Waals surface area contributed by atoms with Crippen molar-refractivity contribution in [2.75, 3.05) is 6.54 Å². The highest BCUT2D eigenvalue weighted by Gasteiger charge is 2.30. The molecule has 7 heteroatoms. The summed E-state index contributed by atoms with van der Waals surface area (Å²) in [6.07, 6.45) is 0.608. The zero-order chi connectivity index (χ0) is 15.6. The normalized spacial score (nSPS) is 14.6. The smallest absolute Gasteiger partial charge is 0.241 e. The molecular weight excluding hydrogens is 315 g/mol. The molecule has 0 heterocycles. The van der Waals surface area contributed by atoms with Gasteiger partial charge >= 0.3 is 0 Å². The fourth-order valence-electron chi connectivity index (χ4n) is 2.19. The van der Waals surface area contributed by atoms with Gasteiger partial charge in [0, 0.05) is 12.1 Å². The molecular formula is C14H24ClFN2O2S. The van der Waals surface area contributed by atoms with E-state index in [1.54, 1.807) is 13.8 Å². The molecule has 0 bridgehead atoms. The molecule has 0 fully saturated rings. The van der Waals surface area contributed by atoms with Gasteiger partial charge in [-0.3, -0.25) is 0 Å². The minimum Gasteiger partial charge on any atom is -0.329 e. The first-order valence-corrected chi connectivity index (χ1v) is 8.08. The van der Waals surface area contributed by atoms with Gasteiger partial charge in [0.2, 0.25) is 10.0 Å². The van der Waals surface area contributed by atoms with Crippen LogP contribution >= 0.6 is 12.4 Å². The Morgan fingerprint density at radius 3 is 2.38 bits per heavy atom. The second-order valence-electron chi connectivity index (χ2n) is 5.88. The molecule has 1 aromatic rings. The molecule has 21 heavy (non-hydrogen) atoms. The summed E-state index contributed by atoms with van der Waals surface area (Å²) in [5.41, 5.74) is 5.36. The van der Waals surface area contributed by atoms with Crippen LogP contribution in [0.1, 0.15) is 32.8 Å². The van der Waals surface area contributed by atoms with Gasteiger partial charge in [0.25, 0.3) is 0 Å². The third-order valence-corrected chi connectivity index (χ3v) is 4.78. The molecule has 0 saturated heterocycles. The van der Waals surface area contributed by atoms with Crippen LogP contribution in [0, 0.1) is 18.7 Å². The van der Waals surface area contributed by atoms with Crippen molar-refractivity contribution < 1.29 is 12.8 Å². The highest BCUT2D eigenvalue weighted by Crippen LogP contribution is 2.20. The van der Waals surface area contributed by atoms with Gasteiger partial charge < -0.3 is 5.73 Å². The van der Waals surface area contributed by atoms with Crippen molar-refractivity contribution >= 4 is 22.4 Å². The van der Waals surface area contributed by atoms with Crippen LogP contribution in [0.15, 0.2) is 23.1 Å². The first-order chi connectivity index (χ1) is 9.09. The van der Waals surface area contributed by atoms with E-state index in [4.69, 9.17) is 5.73 Å². The van der Waals surface area contributed by atoms with E-state index < -0.39 is 21.4 Å². The van der Waals surface area contributed by atoms with Crippen LogP contribution in [0.25, 0.3) is 0 Å². The number of benzene rings is 1. The molecule has 1 aromatic carbocycles. The maximum atomic E-state index is 13.5. The Morgan fingerprint density at radius 1 is 1.38 bits per heavy atom. The molecule has 0 aliphatic heterocycles. The van der Waals surface area contributed by atoms with Crippen molar-refractivity contribution in [1.29, 1.82) is 0 Å². The van der Waals surface area contributed by atoms with Gasteiger partial charge in [-0.1, -0.05) is 19.9 Å². The van der Waals surface area contributed by atoms with Crippen molar-refractivity contribution in [2.45, 2.75) is 44.6 Å². The van der Waals surface area contributed by atoms with Crippen LogP contribution < -0.4 is 10.5 Å². The van der Waals surface area contributed by atoms with E-state index in [-0.39, 0.29) is 23.8 Å². The van der Waals surface area contributed by atoms with Crippen molar-refractivity contribution in [2.24, 2.45) is 11.7 Å². The van der Waals surface area contributed by atoms with E-state index in [1.807, 2.05) is 13.8 Å². The van der Waals surface area contributed by atoms with Crippen molar-refractivity contribution in [3.8, 4) is 0 Å². The van der Waals surface area contributed by atoms with Crippen molar-refractivity contribution in [3.05, 3.63) is 29.6 Å². The monoisotopic (exact) mass is 338 g/mol. The topological polar surface area (TPSA) is 72.2 Å². The zero-order valence-corrected chi connectivity index (χ0v) is 14.4. The van der Waals surface area contributed by atoms with Crippen LogP contribution in [0.2, 0.25) is 0 Å². The number of nitrogens with one attached hydrogen (secondary N) is 1. The fourth-order valence-corrected chi connectivity index (χ4v) is 3.63. The lowest BCUT2D eigenvalue weighted by Crippen LogP contribution is -2.52. The molecule has 3 N–H and O–H groups in total. The van der Waals surface area contributed by atoms with Gasteiger partial charge in [-0.05, 0) is 43.9 Å². The summed E-state index contributed by atoms with van der Waals surface area (Å²) in [6, 6.07) is 3.88. The molecule has 0 aliphatic carbocycles. The SMILES string of the molecule is Cc1ccc(S(=O)(=O)NC(C)(CN)CC(C)C)cc1F.Cl. The number of hydrogen-bond donors (Lipinski definition) is 2. The number of rotatable bonds is 6. The van der Waals surface area contributed by atoms with Gasteiger partial charge in [-0.25, -0.2) is 17.5 Å². The van der Waals surface area contributed by atoms with Crippen molar-refractivity contribution in [3.63, 3.8) is 0 Å². The predicted octanol–water partition coefficient (Wildman–Crippen LogP) is 2.60. The van der Waals surface area contributed by atoms with Gasteiger partial charge in [-0.15, -0.1) is 12.4 Å². The van der Waals surface area contributed by atoms with E-state index in [2.05, 4.69) is 4.72 Å². The summed E-state index contributed by atoms with van der Waals surface area (Å²) in [6.45, 7) is 7.51. The molecule has 0 spiro atoms. The third-order valence-electron chi connectivity index (χ3n) is 3.14. The first-order valence-electron chi connectivity index (χ1n) is 6.60. The van der Waals surface area contributed by atoms with E-state index in [0.29, 0.717) is 17.9 Å². The van der Waals surface area contributed by atoms with Crippen LogP contribution in [0.3, 0.4) is 0 Å². The molecule has 1 atom stereocenters. The Morgan fingerprint density at radius 2 is 1.95 bits per heavy atom. The largest absolute Gasteiger partial charge is 0.329 e. The lowest BCUT2D eigenvalue weighted by molar-refractivity contribution is 0.344. The summed E-state index contributed by atoms with van der Waals surface area (Å²) in [4.78, 5) is -0.0796. The molecule has 4 nitrogen and oxygen atoms in total. The minimum absolute atomic E-state index is 0. The molecule has 0 radical (unpaired) electrons. The summed E-state index contributed by atoms with van der Waals surface area (Å²) in [5.74, 6) is -0.243. The number of hydrogen-bond acceptors (Lipinski definition) is 3. The van der Waals surface area contributed by atoms with Crippen LogP contribution in [0.5, 0.6) is 0 Å². The van der Waals surface area contributed by atoms with E-state index in [9.17, 15) is 12.8 Å². The fraction of sp³-hybridized carbons (Fsp3) is 0.571. The van der Waals surface area contributed by atoms with Gasteiger partial charge in [0.05, 0.1) is 4.90 Å². The van der Waals surface area contributed by atoms with Gasteiger partial charge in [0.15, 0.2) is 0 Å². The summed E-state index contributed by atoms with van der Waals surface area (Å²) in [7, 11) is -3.78. The van der Waals surface area contributed by atoms with Gasteiger partial charge in [-0.2, -0.15) is 0 Å². The molecule has 122 valence electrons. The zero-order valence-electron chi connectivity index (χ0n) is 12.8. The average molecular weight is 339 g/mol. The Hall–Kier alpha value is -0.690. The number of sulfonamides is 1. The second kappa shape index (κ2) is 7.54. The molecule has 0 aliphatic rings. The lowest BCUT2D eigenvalue weighted by Gasteiger charge is -2.30. The van der Waals surface area contributed by atoms with E-state index >= 15 is 0 Å². The van der Waals surface area contributed by atoms with Crippen LogP contribution in [-0.4, -0.2) is 20.5 Å². The Bertz CT molecular complexity index is 578. The van der Waals surface area contributed by atoms with Crippen molar-refractivity contribution in [1.82, 2.24) is 4.72 Å². The molecule has 0 aromatic heterocycles. The quantitative estimate of drug-likeness (QED) is 0.837. The van der Waals surface area contributed by atoms with Gasteiger partial charge in [0.1, 0.15) is 5.82 Å². The molecule has 0 amide bonds. The summed E-state index contributed by atoms with van der Waals surface area (Å²) < 4.78 is 40.7. The number of nitrogens with two attached hydrogens (primary N) is 1. The third kappa shape index (κ3) is 5.54. The first kappa shape index (κ1) is 20.3. The number of halogens is 2. The highest BCUT2D eigenvalue weighted by molar-refractivity contribution is 7.89. The standard InChI is InChI=1S/C14H23FN2O2S.ClH/c1-10(2)8-14(4,9-16)17-20(18,19)12-6-5-11(3)13(15)7-12;/h5-7,10,17H,8-9,16H2,1-4H3;1H. The van der Waals surface area contributed by atoms with Crippen LogP contribution in [0.4, 0.5) is 4.39 Å². The molecule has 1 unspecified atom stereocenters. The van der Waals surface area contributed by atoms with Crippen LogP contribution in [-0.2, 0) is 10.0 Å². The molecule has 1 rings (SSSR count). The Balaban J connectivity index is 0.00000400.